The molecule has 0 unspecified atom stereocenters. The van der Waals surface area contributed by atoms with Gasteiger partial charge in [0.1, 0.15) is 24.4 Å². The van der Waals surface area contributed by atoms with Gasteiger partial charge in [-0.3, -0.25) is 0 Å². The topological polar surface area (TPSA) is 99.4 Å². The van der Waals surface area contributed by atoms with Crippen molar-refractivity contribution in [3.05, 3.63) is 0 Å². The monoisotopic (exact) mass is 264 g/mol. The average molecular weight is 264 g/mol. The Morgan fingerprint density at radius 3 is 2.28 bits per heavy atom. The lowest BCUT2D eigenvalue weighted by Crippen LogP contribution is -2.59. The first kappa shape index (κ1) is 15.8. The summed E-state index contributed by atoms with van der Waals surface area (Å²) in [4.78, 5) is 0. The average Bonchev–Trinajstić information content (AvgIpc) is 2.38. The third-order valence-corrected chi connectivity index (χ3v) is 3.24. The number of rotatable bonds is 6. The Morgan fingerprint density at radius 1 is 1.11 bits per heavy atom. The van der Waals surface area contributed by atoms with Crippen LogP contribution in [0.4, 0.5) is 0 Å². The molecular weight excluding hydrogens is 240 g/mol. The van der Waals surface area contributed by atoms with E-state index < -0.39 is 37.3 Å². The van der Waals surface area contributed by atoms with Crippen molar-refractivity contribution < 1.29 is 29.9 Å². The van der Waals surface area contributed by atoms with Gasteiger partial charge in [0.05, 0.1) is 12.7 Å². The Kier molecular flexibility index (Phi) is 6.48. The van der Waals surface area contributed by atoms with Crippen molar-refractivity contribution in [2.24, 2.45) is 0 Å². The van der Waals surface area contributed by atoms with Crippen LogP contribution in [-0.2, 0) is 9.47 Å². The molecule has 1 fully saturated rings. The van der Waals surface area contributed by atoms with Crippen LogP contribution in [0.3, 0.4) is 0 Å². The van der Waals surface area contributed by atoms with Crippen molar-refractivity contribution in [2.45, 2.75) is 69.9 Å². The highest BCUT2D eigenvalue weighted by Crippen LogP contribution is 2.24. The highest BCUT2D eigenvalue weighted by Gasteiger charge is 2.44. The molecular formula is C12H24O6. The van der Waals surface area contributed by atoms with Crippen molar-refractivity contribution in [2.75, 3.05) is 6.61 Å². The fraction of sp³-hybridized carbons (Fsp3) is 1.00. The maximum absolute atomic E-state index is 9.79. The van der Waals surface area contributed by atoms with Gasteiger partial charge in [0, 0.05) is 0 Å². The fourth-order valence-corrected chi connectivity index (χ4v) is 2.06. The van der Waals surface area contributed by atoms with E-state index in [0.717, 1.165) is 19.3 Å². The van der Waals surface area contributed by atoms with Gasteiger partial charge in [-0.05, 0) is 12.8 Å². The third-order valence-electron chi connectivity index (χ3n) is 3.24. The van der Waals surface area contributed by atoms with Gasteiger partial charge in [-0.15, -0.1) is 0 Å². The molecule has 1 rings (SSSR count). The summed E-state index contributed by atoms with van der Waals surface area (Å²) < 4.78 is 10.9. The Labute approximate surface area is 107 Å². The molecule has 0 bridgehead atoms. The van der Waals surface area contributed by atoms with E-state index in [4.69, 9.17) is 14.6 Å². The molecule has 1 heterocycles. The predicted octanol–water partition coefficient (Wildman–Crippen LogP) is -0.618. The number of aliphatic hydroxyl groups excluding tert-OH is 4. The number of hydrogen-bond acceptors (Lipinski definition) is 6. The van der Waals surface area contributed by atoms with Crippen LogP contribution in [0.5, 0.6) is 0 Å². The summed E-state index contributed by atoms with van der Waals surface area (Å²) >= 11 is 0. The van der Waals surface area contributed by atoms with E-state index in [-0.39, 0.29) is 6.10 Å². The molecule has 6 nitrogen and oxygen atoms in total. The van der Waals surface area contributed by atoms with Gasteiger partial charge in [-0.2, -0.15) is 0 Å². The van der Waals surface area contributed by atoms with Crippen LogP contribution in [-0.4, -0.2) is 63.8 Å². The van der Waals surface area contributed by atoms with E-state index in [0.29, 0.717) is 0 Å². The third kappa shape index (κ3) is 3.63. The smallest absolute Gasteiger partial charge is 0.186 e. The summed E-state index contributed by atoms with van der Waals surface area (Å²) in [7, 11) is 0. The molecule has 0 spiro atoms. The first-order valence-electron chi connectivity index (χ1n) is 6.51. The van der Waals surface area contributed by atoms with Crippen LogP contribution in [0.25, 0.3) is 0 Å². The Balaban J connectivity index is 2.63. The molecule has 4 N–H and O–H groups in total. The lowest BCUT2D eigenvalue weighted by molar-refractivity contribution is -0.311. The van der Waals surface area contributed by atoms with Crippen molar-refractivity contribution in [3.8, 4) is 0 Å². The Bertz CT molecular complexity index is 235. The van der Waals surface area contributed by atoms with Crippen LogP contribution in [0.1, 0.15) is 33.1 Å². The summed E-state index contributed by atoms with van der Waals surface area (Å²) in [5.41, 5.74) is 0. The molecule has 0 radical (unpaired) electrons. The van der Waals surface area contributed by atoms with Gasteiger partial charge < -0.3 is 29.9 Å². The minimum atomic E-state index is -1.37. The quantitative estimate of drug-likeness (QED) is 0.510. The zero-order valence-electron chi connectivity index (χ0n) is 10.9. The van der Waals surface area contributed by atoms with Crippen molar-refractivity contribution >= 4 is 0 Å². The van der Waals surface area contributed by atoms with E-state index in [9.17, 15) is 15.3 Å². The zero-order chi connectivity index (χ0) is 13.7. The maximum atomic E-state index is 9.79. The summed E-state index contributed by atoms with van der Waals surface area (Å²) in [5, 5.41) is 38.1. The van der Waals surface area contributed by atoms with Crippen LogP contribution in [0, 0.1) is 0 Å². The summed E-state index contributed by atoms with van der Waals surface area (Å²) in [6, 6.07) is 0. The van der Waals surface area contributed by atoms with Crippen LogP contribution >= 0.6 is 0 Å². The largest absolute Gasteiger partial charge is 0.394 e. The lowest BCUT2D eigenvalue weighted by atomic mass is 9.99. The second kappa shape index (κ2) is 7.37. The van der Waals surface area contributed by atoms with Crippen LogP contribution < -0.4 is 0 Å². The van der Waals surface area contributed by atoms with Gasteiger partial charge in [-0.1, -0.05) is 20.3 Å². The second-order valence-electron chi connectivity index (χ2n) is 4.65. The van der Waals surface area contributed by atoms with E-state index in [1.54, 1.807) is 0 Å². The SMILES string of the molecule is CCC[C@@H](CC)O[C@@H]1O[C@H](CO)[C@@H](O)[C@H](O)[C@H]1O. The van der Waals surface area contributed by atoms with Gasteiger partial charge in [0.15, 0.2) is 6.29 Å². The molecule has 0 amide bonds. The van der Waals surface area contributed by atoms with Crippen LogP contribution in [0.15, 0.2) is 0 Å². The molecule has 0 aromatic heterocycles. The molecule has 1 aliphatic rings. The Hall–Kier alpha value is -0.240. The minimum Gasteiger partial charge on any atom is -0.394 e. The lowest BCUT2D eigenvalue weighted by Gasteiger charge is -2.40. The summed E-state index contributed by atoms with van der Waals surface area (Å²) in [5.74, 6) is 0. The summed E-state index contributed by atoms with van der Waals surface area (Å²) in [6.45, 7) is 3.55. The minimum absolute atomic E-state index is 0.0727. The predicted molar refractivity (Wildman–Crippen MR) is 63.8 cm³/mol. The highest BCUT2D eigenvalue weighted by molar-refractivity contribution is 4.89. The van der Waals surface area contributed by atoms with E-state index >= 15 is 0 Å². The van der Waals surface area contributed by atoms with Gasteiger partial charge in [0.25, 0.3) is 0 Å². The molecule has 1 aliphatic heterocycles. The maximum Gasteiger partial charge on any atom is 0.186 e. The van der Waals surface area contributed by atoms with Gasteiger partial charge in [-0.25, -0.2) is 0 Å². The normalized spacial score (nSPS) is 38.7. The van der Waals surface area contributed by atoms with Gasteiger partial charge in [0.2, 0.25) is 0 Å². The number of aliphatic hydroxyl groups is 4. The molecule has 6 heteroatoms. The van der Waals surface area contributed by atoms with Crippen molar-refractivity contribution in [1.29, 1.82) is 0 Å². The molecule has 108 valence electrons. The Morgan fingerprint density at radius 2 is 1.78 bits per heavy atom. The van der Waals surface area contributed by atoms with Crippen LogP contribution in [0.2, 0.25) is 0 Å². The highest BCUT2D eigenvalue weighted by atomic mass is 16.7. The molecule has 0 aliphatic carbocycles. The van der Waals surface area contributed by atoms with E-state index in [1.165, 1.54) is 0 Å². The standard InChI is InChI=1S/C12H24O6/c1-3-5-7(4-2)17-12-11(16)10(15)9(14)8(6-13)18-12/h7-16H,3-6H2,1-2H3/t7-,8-,9-,10+,11-,12-/m1/s1. The second-order valence-corrected chi connectivity index (χ2v) is 4.65. The molecule has 18 heavy (non-hydrogen) atoms. The molecule has 1 saturated heterocycles. The number of ether oxygens (including phenoxy) is 2. The van der Waals surface area contributed by atoms with Crippen molar-refractivity contribution in [3.63, 3.8) is 0 Å². The first-order valence-corrected chi connectivity index (χ1v) is 6.51. The summed E-state index contributed by atoms with van der Waals surface area (Å²) in [6.07, 6.45) is -3.49. The number of hydrogen-bond donors (Lipinski definition) is 4. The first-order chi connectivity index (χ1) is 8.54. The zero-order valence-corrected chi connectivity index (χ0v) is 10.9. The molecule has 0 aromatic rings. The molecule has 0 saturated carbocycles. The van der Waals surface area contributed by atoms with E-state index in [1.807, 2.05) is 13.8 Å². The fourth-order valence-electron chi connectivity index (χ4n) is 2.06. The van der Waals surface area contributed by atoms with E-state index in [2.05, 4.69) is 0 Å². The molecule has 0 aromatic carbocycles. The molecule has 6 atom stereocenters. The van der Waals surface area contributed by atoms with Crippen molar-refractivity contribution in [1.82, 2.24) is 0 Å². The van der Waals surface area contributed by atoms with Gasteiger partial charge >= 0.3 is 0 Å².